The van der Waals surface area contributed by atoms with E-state index in [2.05, 4.69) is 9.55 Å². The zero-order valence-electron chi connectivity index (χ0n) is 11.5. The highest BCUT2D eigenvalue weighted by molar-refractivity contribution is 6.17. The van der Waals surface area contributed by atoms with Gasteiger partial charge in [0.25, 0.3) is 0 Å². The topological polar surface area (TPSA) is 17.8 Å². The van der Waals surface area contributed by atoms with Gasteiger partial charge in [-0.05, 0) is 31.0 Å². The fourth-order valence-electron chi connectivity index (χ4n) is 3.16. The molecule has 2 nitrogen and oxygen atoms in total. The lowest BCUT2D eigenvalue weighted by Crippen LogP contribution is -2.10. The summed E-state index contributed by atoms with van der Waals surface area (Å²) < 4.78 is 40.6. The van der Waals surface area contributed by atoms with Gasteiger partial charge < -0.3 is 4.57 Å². The van der Waals surface area contributed by atoms with Crippen LogP contribution in [0.3, 0.4) is 0 Å². The minimum Gasteiger partial charge on any atom is -0.325 e. The number of aromatic nitrogens is 2. The normalized spacial score (nSPS) is 17.0. The van der Waals surface area contributed by atoms with E-state index in [9.17, 15) is 13.2 Å². The Bertz CT molecular complexity index is 642. The molecule has 0 atom stereocenters. The Morgan fingerprint density at radius 3 is 2.57 bits per heavy atom. The second-order valence-corrected chi connectivity index (χ2v) is 5.85. The molecule has 3 rings (SSSR count). The zero-order chi connectivity index (χ0) is 15.0. The summed E-state index contributed by atoms with van der Waals surface area (Å²) in [5.74, 6) is 1.22. The quantitative estimate of drug-likeness (QED) is 0.732. The Balaban J connectivity index is 2.12. The van der Waals surface area contributed by atoms with Crippen molar-refractivity contribution in [2.75, 3.05) is 5.88 Å². The molecule has 21 heavy (non-hydrogen) atoms. The molecule has 1 fully saturated rings. The number of halogens is 4. The summed E-state index contributed by atoms with van der Waals surface area (Å²) in [6.45, 7) is 0. The van der Waals surface area contributed by atoms with Crippen molar-refractivity contribution >= 4 is 22.6 Å². The highest BCUT2D eigenvalue weighted by Gasteiger charge is 2.31. The Hall–Kier alpha value is -1.23. The summed E-state index contributed by atoms with van der Waals surface area (Å²) in [6, 6.07) is 4.16. The van der Waals surface area contributed by atoms with Crippen molar-refractivity contribution in [2.45, 2.75) is 44.3 Å². The molecule has 6 heteroatoms. The van der Waals surface area contributed by atoms with Gasteiger partial charge in [0.15, 0.2) is 0 Å². The van der Waals surface area contributed by atoms with E-state index in [1.165, 1.54) is 0 Å². The summed E-state index contributed by atoms with van der Waals surface area (Å²) >= 11 is 5.81. The van der Waals surface area contributed by atoms with Crippen LogP contribution in [0.25, 0.3) is 11.0 Å². The predicted molar refractivity (Wildman–Crippen MR) is 76.7 cm³/mol. The maximum absolute atomic E-state index is 12.8. The van der Waals surface area contributed by atoms with Crippen LogP contribution in [0.2, 0.25) is 0 Å². The highest BCUT2D eigenvalue weighted by atomic mass is 35.5. The number of benzene rings is 1. The lowest BCUT2D eigenvalue weighted by atomic mass is 10.1. The number of nitrogens with zero attached hydrogens (tertiary/aromatic N) is 2. The third kappa shape index (κ3) is 2.76. The molecule has 1 aromatic heterocycles. The lowest BCUT2D eigenvalue weighted by Gasteiger charge is -2.16. The van der Waals surface area contributed by atoms with Crippen molar-refractivity contribution in [3.63, 3.8) is 0 Å². The van der Waals surface area contributed by atoms with E-state index in [0.29, 0.717) is 23.9 Å². The summed E-state index contributed by atoms with van der Waals surface area (Å²) in [6.07, 6.45) is 0.673. The molecular weight excluding hydrogens is 301 g/mol. The molecule has 0 bridgehead atoms. The average molecular weight is 317 g/mol. The van der Waals surface area contributed by atoms with Crippen molar-refractivity contribution in [1.82, 2.24) is 9.55 Å². The van der Waals surface area contributed by atoms with Gasteiger partial charge in [-0.2, -0.15) is 13.2 Å². The summed E-state index contributed by atoms with van der Waals surface area (Å²) in [5, 5.41) is 0. The molecule has 0 radical (unpaired) electrons. The summed E-state index contributed by atoms with van der Waals surface area (Å²) in [5.41, 5.74) is 0.551. The zero-order valence-corrected chi connectivity index (χ0v) is 12.2. The van der Waals surface area contributed by atoms with Crippen LogP contribution in [0.4, 0.5) is 13.2 Å². The van der Waals surface area contributed by atoms with Crippen molar-refractivity contribution in [1.29, 1.82) is 0 Å². The van der Waals surface area contributed by atoms with Gasteiger partial charge in [-0.25, -0.2) is 4.98 Å². The molecule has 0 amide bonds. The maximum atomic E-state index is 12.8. The number of rotatable bonds is 3. The molecule has 0 spiro atoms. The molecule has 1 aliphatic carbocycles. The van der Waals surface area contributed by atoms with Gasteiger partial charge >= 0.3 is 6.18 Å². The largest absolute Gasteiger partial charge is 0.416 e. The smallest absolute Gasteiger partial charge is 0.325 e. The second-order valence-electron chi connectivity index (χ2n) is 5.48. The number of hydrogen-bond donors (Lipinski definition) is 0. The van der Waals surface area contributed by atoms with Gasteiger partial charge in [0.1, 0.15) is 5.82 Å². The van der Waals surface area contributed by atoms with Crippen molar-refractivity contribution in [3.8, 4) is 0 Å². The van der Waals surface area contributed by atoms with Crippen LogP contribution in [-0.4, -0.2) is 15.4 Å². The molecule has 0 saturated heterocycles. The van der Waals surface area contributed by atoms with Crippen molar-refractivity contribution in [3.05, 3.63) is 29.6 Å². The molecule has 0 aliphatic heterocycles. The predicted octanol–water partition coefficient (Wildman–Crippen LogP) is 4.95. The van der Waals surface area contributed by atoms with Crippen LogP contribution in [0.5, 0.6) is 0 Å². The first-order valence-electron chi connectivity index (χ1n) is 7.14. The first-order valence-corrected chi connectivity index (χ1v) is 7.68. The molecule has 1 saturated carbocycles. The fourth-order valence-corrected chi connectivity index (χ4v) is 3.32. The monoisotopic (exact) mass is 316 g/mol. The van der Waals surface area contributed by atoms with Gasteiger partial charge in [-0.15, -0.1) is 11.6 Å². The van der Waals surface area contributed by atoms with E-state index in [4.69, 9.17) is 11.6 Å². The van der Waals surface area contributed by atoms with Gasteiger partial charge in [0, 0.05) is 18.3 Å². The highest BCUT2D eigenvalue weighted by Crippen LogP contribution is 2.36. The third-order valence-electron chi connectivity index (χ3n) is 4.10. The number of aryl methyl sites for hydroxylation is 1. The van der Waals surface area contributed by atoms with Gasteiger partial charge in [-0.3, -0.25) is 0 Å². The Kier molecular flexibility index (Phi) is 3.86. The first-order chi connectivity index (χ1) is 10.0. The molecule has 1 aromatic carbocycles. The Morgan fingerprint density at radius 1 is 1.24 bits per heavy atom. The van der Waals surface area contributed by atoms with E-state index in [1.54, 1.807) is 6.07 Å². The average Bonchev–Trinajstić information content (AvgIpc) is 3.03. The fraction of sp³-hybridized carbons (Fsp3) is 0.533. The van der Waals surface area contributed by atoms with E-state index < -0.39 is 11.7 Å². The van der Waals surface area contributed by atoms with Crippen molar-refractivity contribution in [2.24, 2.45) is 0 Å². The number of hydrogen-bond acceptors (Lipinski definition) is 1. The van der Waals surface area contributed by atoms with E-state index in [1.807, 2.05) is 0 Å². The first kappa shape index (κ1) is 14.7. The van der Waals surface area contributed by atoms with Crippen LogP contribution < -0.4 is 0 Å². The number of imidazole rings is 1. The second kappa shape index (κ2) is 5.52. The molecule has 0 unspecified atom stereocenters. The summed E-state index contributed by atoms with van der Waals surface area (Å²) in [7, 11) is 0. The van der Waals surface area contributed by atoms with E-state index in [0.717, 1.165) is 49.2 Å². The van der Waals surface area contributed by atoms with Crippen molar-refractivity contribution < 1.29 is 13.2 Å². The molecule has 1 heterocycles. The minimum atomic E-state index is -4.34. The molecule has 114 valence electrons. The number of fused-ring (bicyclic) bond motifs is 1. The van der Waals surface area contributed by atoms with Gasteiger partial charge in [-0.1, -0.05) is 12.8 Å². The van der Waals surface area contributed by atoms with Crippen LogP contribution in [0.15, 0.2) is 18.2 Å². The third-order valence-corrected chi connectivity index (χ3v) is 4.29. The SMILES string of the molecule is FC(F)(F)c1ccc2c(c1)nc(CCCl)n2C1CCCC1. The molecular formula is C15H16ClF3N2. The van der Waals surface area contributed by atoms with Crippen LogP contribution in [-0.2, 0) is 12.6 Å². The lowest BCUT2D eigenvalue weighted by molar-refractivity contribution is -0.137. The Morgan fingerprint density at radius 2 is 1.95 bits per heavy atom. The van der Waals surface area contributed by atoms with Crippen LogP contribution in [0.1, 0.15) is 43.1 Å². The Labute approximate surface area is 125 Å². The van der Waals surface area contributed by atoms with E-state index in [-0.39, 0.29) is 0 Å². The maximum Gasteiger partial charge on any atom is 0.416 e. The van der Waals surface area contributed by atoms with Crippen LogP contribution in [0, 0.1) is 0 Å². The number of alkyl halides is 4. The molecule has 0 N–H and O–H groups in total. The van der Waals surface area contributed by atoms with Gasteiger partial charge in [0.05, 0.1) is 16.6 Å². The van der Waals surface area contributed by atoms with Crippen LogP contribution >= 0.6 is 11.6 Å². The summed E-state index contributed by atoms with van der Waals surface area (Å²) in [4.78, 5) is 4.40. The van der Waals surface area contributed by atoms with E-state index >= 15 is 0 Å². The molecule has 1 aliphatic rings. The van der Waals surface area contributed by atoms with Gasteiger partial charge in [0.2, 0.25) is 0 Å². The standard InChI is InChI=1S/C15H16ClF3N2/c16-8-7-14-20-12-9-10(15(17,18)19)5-6-13(12)21(14)11-3-1-2-4-11/h5-6,9,11H,1-4,7-8H2. The minimum absolute atomic E-state index is 0.338. The molecule has 2 aromatic rings.